The maximum atomic E-state index is 13.7. The van der Waals surface area contributed by atoms with Gasteiger partial charge in [0.25, 0.3) is 20.0 Å². The van der Waals surface area contributed by atoms with Crippen molar-refractivity contribution >= 4 is 48.3 Å². The Kier molecular flexibility index (Phi) is 9.25. The summed E-state index contributed by atoms with van der Waals surface area (Å²) in [5, 5.41) is 9.60. The fraction of sp³-hybridized carbons (Fsp3) is 0.214. The van der Waals surface area contributed by atoms with Gasteiger partial charge in [-0.25, -0.2) is 26.1 Å². The molecule has 0 unspecified atom stereocenters. The molecule has 11 nitrogen and oxygen atoms in total. The number of carbonyl (C=O) groups is 1. The number of hydrogen-bond donors (Lipinski definition) is 1. The molecule has 44 heavy (non-hydrogen) atoms. The van der Waals surface area contributed by atoms with Crippen molar-refractivity contribution in [3.05, 3.63) is 79.0 Å². The maximum Gasteiger partial charge on any atom is 0.390 e. The third kappa shape index (κ3) is 6.81. The van der Waals surface area contributed by atoms with E-state index in [-0.39, 0.29) is 32.1 Å². The second-order valence-corrected chi connectivity index (χ2v) is 12.9. The van der Waals surface area contributed by atoms with Gasteiger partial charge in [-0.2, -0.15) is 13.2 Å². The van der Waals surface area contributed by atoms with E-state index in [9.17, 15) is 39.9 Å². The predicted octanol–water partition coefficient (Wildman–Crippen LogP) is 4.68. The summed E-state index contributed by atoms with van der Waals surface area (Å²) in [6, 6.07) is 15.8. The van der Waals surface area contributed by atoms with E-state index in [1.54, 1.807) is 0 Å². The highest BCUT2D eigenvalue weighted by molar-refractivity contribution is 7.93. The van der Waals surface area contributed by atoms with E-state index in [0.717, 1.165) is 6.20 Å². The zero-order chi connectivity index (χ0) is 32.3. The van der Waals surface area contributed by atoms with Gasteiger partial charge in [0.1, 0.15) is 18.0 Å². The number of alkyl halides is 3. The summed E-state index contributed by atoms with van der Waals surface area (Å²) >= 11 is 0. The van der Waals surface area contributed by atoms with Crippen LogP contribution in [-0.2, 0) is 24.8 Å². The lowest BCUT2D eigenvalue weighted by molar-refractivity contribution is -0.135. The number of aliphatic carboxylic acids is 1. The molecular formula is C28H26F3N3O8S2. The number of carboxylic acids is 1. The van der Waals surface area contributed by atoms with Crippen molar-refractivity contribution in [3.8, 4) is 11.5 Å². The first-order valence-electron chi connectivity index (χ1n) is 12.7. The Morgan fingerprint density at radius 1 is 0.795 bits per heavy atom. The number of sulfonamides is 2. The van der Waals surface area contributed by atoms with E-state index in [1.807, 2.05) is 0 Å². The van der Waals surface area contributed by atoms with E-state index in [1.165, 1.54) is 87.0 Å². The molecule has 1 heterocycles. The number of nitrogens with zero attached hydrogens (tertiary/aromatic N) is 3. The predicted molar refractivity (Wildman–Crippen MR) is 155 cm³/mol. The minimum absolute atomic E-state index is 0.0112. The van der Waals surface area contributed by atoms with Crippen molar-refractivity contribution in [1.82, 2.24) is 4.98 Å². The first-order chi connectivity index (χ1) is 20.7. The van der Waals surface area contributed by atoms with Crippen LogP contribution in [0.1, 0.15) is 6.42 Å². The fourth-order valence-electron chi connectivity index (χ4n) is 4.31. The number of hydrogen-bond acceptors (Lipinski definition) is 8. The van der Waals surface area contributed by atoms with Crippen LogP contribution in [0.25, 0.3) is 10.8 Å². The minimum atomic E-state index is -4.72. The Bertz CT molecular complexity index is 1870. The second-order valence-electron chi connectivity index (χ2n) is 9.21. The fourth-order valence-corrected chi connectivity index (χ4v) is 7.16. The molecular weight excluding hydrogens is 627 g/mol. The lowest BCUT2D eigenvalue weighted by atomic mass is 10.1. The second kappa shape index (κ2) is 12.6. The van der Waals surface area contributed by atoms with Crippen molar-refractivity contribution in [2.45, 2.75) is 22.4 Å². The Hall–Kier alpha value is -4.57. The molecule has 3 aromatic carbocycles. The number of carboxylic acid groups (broad SMARTS) is 1. The lowest BCUT2D eigenvalue weighted by Crippen LogP contribution is -2.37. The maximum absolute atomic E-state index is 13.7. The summed E-state index contributed by atoms with van der Waals surface area (Å²) in [7, 11) is -6.45. The molecule has 4 rings (SSSR count). The number of fused-ring (bicyclic) bond motifs is 1. The zero-order valence-electron chi connectivity index (χ0n) is 23.2. The highest BCUT2D eigenvalue weighted by Gasteiger charge is 2.35. The number of rotatable bonds is 12. The van der Waals surface area contributed by atoms with Crippen LogP contribution in [0, 0.1) is 0 Å². The molecule has 0 amide bonds. The van der Waals surface area contributed by atoms with Crippen LogP contribution in [-0.4, -0.2) is 66.4 Å². The SMILES string of the molecule is COc1ccc(S(=O)(=O)N(CCC(F)(F)F)c2cnc(N(CC(=O)O)S(=O)(=O)c3ccc(OC)cc3)c3ccccc23)cc1. The van der Waals surface area contributed by atoms with E-state index >= 15 is 0 Å². The first kappa shape index (κ1) is 32.3. The molecule has 0 aliphatic heterocycles. The van der Waals surface area contributed by atoms with Gasteiger partial charge in [0.15, 0.2) is 5.82 Å². The van der Waals surface area contributed by atoms with Crippen LogP contribution >= 0.6 is 0 Å². The molecule has 0 bridgehead atoms. The van der Waals surface area contributed by atoms with Crippen molar-refractivity contribution in [1.29, 1.82) is 0 Å². The largest absolute Gasteiger partial charge is 0.497 e. The number of benzene rings is 3. The smallest absolute Gasteiger partial charge is 0.390 e. The van der Waals surface area contributed by atoms with Crippen LogP contribution in [0.15, 0.2) is 88.8 Å². The molecule has 0 saturated carbocycles. The molecule has 4 aromatic rings. The van der Waals surface area contributed by atoms with Crippen molar-refractivity contribution in [2.75, 3.05) is 35.9 Å². The molecule has 0 aliphatic rings. The number of aromatic nitrogens is 1. The molecule has 1 N–H and O–H groups in total. The van der Waals surface area contributed by atoms with E-state index in [2.05, 4.69) is 4.98 Å². The molecule has 0 fully saturated rings. The van der Waals surface area contributed by atoms with Crippen LogP contribution < -0.4 is 18.1 Å². The number of methoxy groups -OCH3 is 2. The highest BCUT2D eigenvalue weighted by atomic mass is 32.2. The lowest BCUT2D eigenvalue weighted by Gasteiger charge is -2.28. The Morgan fingerprint density at radius 3 is 1.73 bits per heavy atom. The molecule has 0 atom stereocenters. The Balaban J connectivity index is 1.92. The van der Waals surface area contributed by atoms with Crippen LogP contribution in [0.2, 0.25) is 0 Å². The van der Waals surface area contributed by atoms with Gasteiger partial charge in [0.2, 0.25) is 0 Å². The number of anilines is 2. The van der Waals surface area contributed by atoms with Crippen LogP contribution in [0.3, 0.4) is 0 Å². The van der Waals surface area contributed by atoms with Gasteiger partial charge in [-0.1, -0.05) is 24.3 Å². The molecule has 234 valence electrons. The van der Waals surface area contributed by atoms with Gasteiger partial charge in [0.05, 0.1) is 42.3 Å². The van der Waals surface area contributed by atoms with Gasteiger partial charge < -0.3 is 14.6 Å². The van der Waals surface area contributed by atoms with Crippen molar-refractivity contribution < 1.29 is 49.4 Å². The molecule has 0 radical (unpaired) electrons. The first-order valence-corrected chi connectivity index (χ1v) is 15.6. The van der Waals surface area contributed by atoms with Crippen LogP contribution in [0.4, 0.5) is 24.7 Å². The van der Waals surface area contributed by atoms with Gasteiger partial charge in [-0.05, 0) is 48.5 Å². The number of halogens is 3. The van der Waals surface area contributed by atoms with Gasteiger partial charge in [0, 0.05) is 17.3 Å². The van der Waals surface area contributed by atoms with Gasteiger partial charge in [-0.3, -0.25) is 9.10 Å². The van der Waals surface area contributed by atoms with Gasteiger partial charge in [-0.15, -0.1) is 0 Å². The third-order valence-corrected chi connectivity index (χ3v) is 10.0. The topological polar surface area (TPSA) is 143 Å². The highest BCUT2D eigenvalue weighted by Crippen LogP contribution is 2.38. The zero-order valence-corrected chi connectivity index (χ0v) is 24.9. The quantitative estimate of drug-likeness (QED) is 0.231. The van der Waals surface area contributed by atoms with Crippen LogP contribution in [0.5, 0.6) is 11.5 Å². The minimum Gasteiger partial charge on any atom is -0.497 e. The summed E-state index contributed by atoms with van der Waals surface area (Å²) in [6.07, 6.45) is -5.31. The molecule has 0 spiro atoms. The summed E-state index contributed by atoms with van der Waals surface area (Å²) in [5.41, 5.74) is -0.276. The molecule has 1 aromatic heterocycles. The molecule has 0 saturated heterocycles. The summed E-state index contributed by atoms with van der Waals surface area (Å²) < 4.78 is 106. The number of ether oxygens (including phenoxy) is 2. The Labute approximate surface area is 251 Å². The standard InChI is InChI=1S/C28H26F3N3O8S2/c1-41-19-7-11-21(12-8-19)43(37,38)33(16-15-28(29,30)31)25-17-32-27(24-6-4-3-5-23(24)25)34(18-26(35)36)44(39,40)22-13-9-20(42-2)10-14-22/h3-14,17H,15-16,18H2,1-2H3,(H,35,36). The van der Waals surface area contributed by atoms with Crippen molar-refractivity contribution in [2.24, 2.45) is 0 Å². The summed E-state index contributed by atoms with van der Waals surface area (Å²) in [5.74, 6) is -1.23. The monoisotopic (exact) mass is 653 g/mol. The van der Waals surface area contributed by atoms with Crippen molar-refractivity contribution in [3.63, 3.8) is 0 Å². The van der Waals surface area contributed by atoms with Gasteiger partial charge >= 0.3 is 12.1 Å². The summed E-state index contributed by atoms with van der Waals surface area (Å²) in [4.78, 5) is 15.3. The number of pyridine rings is 1. The average Bonchev–Trinajstić information content (AvgIpc) is 2.99. The normalized spacial score (nSPS) is 12.1. The average molecular weight is 654 g/mol. The van der Waals surface area contributed by atoms with E-state index in [4.69, 9.17) is 9.47 Å². The third-order valence-electron chi connectivity index (χ3n) is 6.43. The molecule has 16 heteroatoms. The summed E-state index contributed by atoms with van der Waals surface area (Å²) in [6.45, 7) is -2.08. The van der Waals surface area contributed by atoms with E-state index < -0.39 is 51.7 Å². The van der Waals surface area contributed by atoms with E-state index in [0.29, 0.717) is 20.1 Å². The Morgan fingerprint density at radius 2 is 1.27 bits per heavy atom. The molecule has 0 aliphatic carbocycles.